The van der Waals surface area contributed by atoms with E-state index in [0.717, 1.165) is 23.3 Å². The van der Waals surface area contributed by atoms with Crippen LogP contribution >= 0.6 is 11.8 Å². The normalized spacial score (nSPS) is 14.2. The predicted octanol–water partition coefficient (Wildman–Crippen LogP) is 4.65. The molecule has 110 valence electrons. The maximum atomic E-state index is 10.1. The van der Waals surface area contributed by atoms with E-state index in [1.54, 1.807) is 17.8 Å². The minimum Gasteiger partial charge on any atom is -0.508 e. The molecule has 1 heterocycles. The van der Waals surface area contributed by atoms with E-state index in [1.165, 1.54) is 22.1 Å². The number of benzene rings is 2. The van der Waals surface area contributed by atoms with Crippen molar-refractivity contribution in [1.82, 2.24) is 0 Å². The number of hydrogen-bond acceptors (Lipinski definition) is 3. The first-order valence-corrected chi connectivity index (χ1v) is 8.02. The number of phenolic OH excluding ortho intramolecular Hbond substituents is 2. The molecule has 2 N–H and O–H groups in total. The van der Waals surface area contributed by atoms with Crippen LogP contribution in [0.3, 0.4) is 0 Å². The summed E-state index contributed by atoms with van der Waals surface area (Å²) in [4.78, 5) is 2.17. The quantitative estimate of drug-likeness (QED) is 0.744. The molecule has 21 heavy (non-hydrogen) atoms. The Bertz CT molecular complexity index is 699. The molecule has 0 radical (unpaired) electrons. The largest absolute Gasteiger partial charge is 0.508 e. The lowest BCUT2D eigenvalue weighted by Gasteiger charge is -2.20. The molecular weight excluding hydrogens is 280 g/mol. The van der Waals surface area contributed by atoms with E-state index in [9.17, 15) is 10.2 Å². The van der Waals surface area contributed by atoms with Crippen molar-refractivity contribution >= 4 is 11.8 Å². The fourth-order valence-corrected chi connectivity index (χ4v) is 3.85. The highest BCUT2D eigenvalue weighted by atomic mass is 32.2. The lowest BCUT2D eigenvalue weighted by molar-refractivity contribution is 0.442. The molecular formula is C18H20O2S. The van der Waals surface area contributed by atoms with E-state index >= 15 is 0 Å². The number of rotatable bonds is 0. The van der Waals surface area contributed by atoms with Crippen molar-refractivity contribution < 1.29 is 10.2 Å². The molecule has 2 aromatic rings. The number of aryl methyl sites for hydroxylation is 1. The molecule has 0 saturated carbocycles. The molecule has 0 bridgehead atoms. The third-order valence-corrected chi connectivity index (χ3v) is 5.16. The van der Waals surface area contributed by atoms with Crippen molar-refractivity contribution in [2.24, 2.45) is 0 Å². The molecule has 0 spiro atoms. The van der Waals surface area contributed by atoms with Crippen molar-refractivity contribution in [2.45, 2.75) is 48.8 Å². The van der Waals surface area contributed by atoms with Gasteiger partial charge in [-0.05, 0) is 41.5 Å². The molecule has 3 rings (SSSR count). The van der Waals surface area contributed by atoms with Gasteiger partial charge in [0.05, 0.1) is 0 Å². The summed E-state index contributed by atoms with van der Waals surface area (Å²) in [5.41, 5.74) is 3.73. The SMILES string of the molecule is CC(C)(C)c1ccc2c(c1)CCc1c(O)cc(O)cc1S2. The second kappa shape index (κ2) is 4.99. The second-order valence-corrected chi connectivity index (χ2v) is 7.70. The summed E-state index contributed by atoms with van der Waals surface area (Å²) in [6, 6.07) is 9.80. The minimum atomic E-state index is 0.119. The summed E-state index contributed by atoms with van der Waals surface area (Å²) in [5, 5.41) is 19.7. The standard InChI is InChI=1S/C18H20O2S/c1-18(2,3)12-5-7-16-11(8-12)4-6-14-15(20)9-13(19)10-17(14)21-16/h5,7-10,19-20H,4,6H2,1-3H3. The van der Waals surface area contributed by atoms with Gasteiger partial charge in [-0.1, -0.05) is 44.7 Å². The first-order chi connectivity index (χ1) is 9.84. The Labute approximate surface area is 129 Å². The molecule has 0 saturated heterocycles. The van der Waals surface area contributed by atoms with Crippen LogP contribution in [0.15, 0.2) is 40.1 Å². The molecule has 0 fully saturated rings. The molecule has 0 atom stereocenters. The zero-order valence-corrected chi connectivity index (χ0v) is 13.4. The van der Waals surface area contributed by atoms with Gasteiger partial charge in [-0.25, -0.2) is 0 Å². The molecule has 2 nitrogen and oxygen atoms in total. The first-order valence-electron chi connectivity index (χ1n) is 7.21. The predicted molar refractivity (Wildman–Crippen MR) is 86.4 cm³/mol. The van der Waals surface area contributed by atoms with E-state index in [2.05, 4.69) is 39.0 Å². The number of hydrogen-bond donors (Lipinski definition) is 2. The Morgan fingerprint density at radius 1 is 0.952 bits per heavy atom. The molecule has 0 unspecified atom stereocenters. The molecule has 1 aliphatic rings. The van der Waals surface area contributed by atoms with Crippen LogP contribution in [0.4, 0.5) is 0 Å². The molecule has 0 aliphatic carbocycles. The minimum absolute atomic E-state index is 0.119. The van der Waals surface area contributed by atoms with Gasteiger partial charge in [-0.2, -0.15) is 0 Å². The monoisotopic (exact) mass is 300 g/mol. The van der Waals surface area contributed by atoms with Crippen LogP contribution in [-0.4, -0.2) is 10.2 Å². The van der Waals surface area contributed by atoms with Crippen LogP contribution in [0.5, 0.6) is 11.5 Å². The van der Waals surface area contributed by atoms with Crippen molar-refractivity contribution in [3.05, 3.63) is 47.0 Å². The lowest BCUT2D eigenvalue weighted by atomic mass is 9.85. The van der Waals surface area contributed by atoms with Crippen LogP contribution in [0.2, 0.25) is 0 Å². The van der Waals surface area contributed by atoms with Gasteiger partial charge in [0.15, 0.2) is 0 Å². The lowest BCUT2D eigenvalue weighted by Crippen LogP contribution is -2.11. The van der Waals surface area contributed by atoms with Crippen LogP contribution in [0.25, 0.3) is 0 Å². The van der Waals surface area contributed by atoms with Crippen LogP contribution in [-0.2, 0) is 18.3 Å². The highest BCUT2D eigenvalue weighted by Gasteiger charge is 2.20. The first kappa shape index (κ1) is 14.3. The Morgan fingerprint density at radius 2 is 1.71 bits per heavy atom. The summed E-state index contributed by atoms with van der Waals surface area (Å²) >= 11 is 1.63. The van der Waals surface area contributed by atoms with Crippen LogP contribution < -0.4 is 0 Å². The van der Waals surface area contributed by atoms with Gasteiger partial charge < -0.3 is 10.2 Å². The fraction of sp³-hybridized carbons (Fsp3) is 0.333. The number of aromatic hydroxyl groups is 2. The fourth-order valence-electron chi connectivity index (χ4n) is 2.68. The highest BCUT2D eigenvalue weighted by Crippen LogP contribution is 2.43. The Kier molecular flexibility index (Phi) is 3.40. The average Bonchev–Trinajstić information content (AvgIpc) is 2.55. The Morgan fingerprint density at radius 3 is 2.43 bits per heavy atom. The molecule has 1 aliphatic heterocycles. The summed E-state index contributed by atoms with van der Waals surface area (Å²) < 4.78 is 0. The van der Waals surface area contributed by atoms with Gasteiger partial charge in [0, 0.05) is 21.4 Å². The molecule has 3 heteroatoms. The third-order valence-electron chi connectivity index (χ3n) is 3.96. The average molecular weight is 300 g/mol. The zero-order valence-electron chi connectivity index (χ0n) is 12.6. The van der Waals surface area contributed by atoms with Gasteiger partial charge >= 0.3 is 0 Å². The van der Waals surface area contributed by atoms with Gasteiger partial charge in [0.25, 0.3) is 0 Å². The van der Waals surface area contributed by atoms with Crippen LogP contribution in [0, 0.1) is 0 Å². The van der Waals surface area contributed by atoms with Gasteiger partial charge in [0.1, 0.15) is 11.5 Å². The summed E-state index contributed by atoms with van der Waals surface area (Å²) in [5.74, 6) is 0.315. The maximum absolute atomic E-state index is 10.1. The number of phenols is 2. The van der Waals surface area contributed by atoms with Crippen molar-refractivity contribution in [2.75, 3.05) is 0 Å². The topological polar surface area (TPSA) is 40.5 Å². The third kappa shape index (κ3) is 2.75. The zero-order chi connectivity index (χ0) is 15.2. The van der Waals surface area contributed by atoms with Crippen molar-refractivity contribution in [3.8, 4) is 11.5 Å². The van der Waals surface area contributed by atoms with E-state index in [1.807, 2.05) is 0 Å². The van der Waals surface area contributed by atoms with E-state index < -0.39 is 0 Å². The van der Waals surface area contributed by atoms with E-state index in [0.29, 0.717) is 0 Å². The van der Waals surface area contributed by atoms with Crippen molar-refractivity contribution in [1.29, 1.82) is 0 Å². The second-order valence-electron chi connectivity index (χ2n) is 6.62. The highest BCUT2D eigenvalue weighted by molar-refractivity contribution is 7.99. The summed E-state index contributed by atoms with van der Waals surface area (Å²) in [6.45, 7) is 6.66. The molecule has 0 aromatic heterocycles. The van der Waals surface area contributed by atoms with Gasteiger partial charge in [-0.15, -0.1) is 0 Å². The number of fused-ring (bicyclic) bond motifs is 2. The maximum Gasteiger partial charge on any atom is 0.123 e. The van der Waals surface area contributed by atoms with Gasteiger partial charge in [-0.3, -0.25) is 0 Å². The molecule has 0 amide bonds. The van der Waals surface area contributed by atoms with Gasteiger partial charge in [0.2, 0.25) is 0 Å². The van der Waals surface area contributed by atoms with Crippen molar-refractivity contribution in [3.63, 3.8) is 0 Å². The van der Waals surface area contributed by atoms with E-state index in [4.69, 9.17) is 0 Å². The smallest absolute Gasteiger partial charge is 0.123 e. The van der Waals surface area contributed by atoms with Crippen LogP contribution in [0.1, 0.15) is 37.5 Å². The van der Waals surface area contributed by atoms with E-state index in [-0.39, 0.29) is 16.9 Å². The molecule has 2 aromatic carbocycles. The Hall–Kier alpha value is -1.61. The summed E-state index contributed by atoms with van der Waals surface area (Å²) in [6.07, 6.45) is 1.71. The Balaban J connectivity index is 2.05. The summed E-state index contributed by atoms with van der Waals surface area (Å²) in [7, 11) is 0.